The average molecular weight is 319 g/mol. The van der Waals surface area contributed by atoms with E-state index in [-0.39, 0.29) is 24.8 Å². The van der Waals surface area contributed by atoms with Gasteiger partial charge in [-0.15, -0.1) is 0 Å². The molecule has 0 aromatic carbocycles. The second-order valence-corrected chi connectivity index (χ2v) is 6.72. The predicted molar refractivity (Wildman–Crippen MR) is 79.1 cm³/mol. The van der Waals surface area contributed by atoms with E-state index in [2.05, 4.69) is 15.0 Å². The molecule has 3 rings (SSSR count). The summed E-state index contributed by atoms with van der Waals surface area (Å²) in [6.45, 7) is -0.0384. The number of aromatic nitrogens is 3. The molecule has 0 bridgehead atoms. The highest BCUT2D eigenvalue weighted by molar-refractivity contribution is 7.89. The molecular weight excluding hydrogens is 306 g/mol. The zero-order chi connectivity index (χ0) is 15.7. The SMILES string of the molecule is NS(=O)(=O)C1CC(=O)N(c2nccc(-c3ccccn3)n2)C1. The summed E-state index contributed by atoms with van der Waals surface area (Å²) in [7, 11) is -3.77. The number of rotatable bonds is 3. The van der Waals surface area contributed by atoms with E-state index < -0.39 is 15.3 Å². The van der Waals surface area contributed by atoms with Gasteiger partial charge in [-0.3, -0.25) is 14.7 Å². The van der Waals surface area contributed by atoms with E-state index in [1.54, 1.807) is 24.4 Å². The molecule has 0 saturated carbocycles. The highest BCUT2D eigenvalue weighted by Gasteiger charge is 2.38. The van der Waals surface area contributed by atoms with E-state index in [1.807, 2.05) is 6.07 Å². The van der Waals surface area contributed by atoms with Crippen molar-refractivity contribution in [1.29, 1.82) is 0 Å². The molecule has 9 heteroatoms. The molecule has 1 atom stereocenters. The van der Waals surface area contributed by atoms with Crippen molar-refractivity contribution in [3.8, 4) is 11.4 Å². The molecule has 1 fully saturated rings. The lowest BCUT2D eigenvalue weighted by Gasteiger charge is -2.14. The topological polar surface area (TPSA) is 119 Å². The zero-order valence-corrected chi connectivity index (χ0v) is 12.3. The number of primary sulfonamides is 1. The smallest absolute Gasteiger partial charge is 0.232 e. The van der Waals surface area contributed by atoms with Crippen LogP contribution in [-0.2, 0) is 14.8 Å². The van der Waals surface area contributed by atoms with Crippen LogP contribution >= 0.6 is 0 Å². The molecule has 1 unspecified atom stereocenters. The molecule has 114 valence electrons. The van der Waals surface area contributed by atoms with Crippen LogP contribution in [0, 0.1) is 0 Å². The number of carbonyl (C=O) groups is 1. The molecule has 0 radical (unpaired) electrons. The van der Waals surface area contributed by atoms with Gasteiger partial charge in [0.2, 0.25) is 21.9 Å². The van der Waals surface area contributed by atoms with Crippen LogP contribution in [0.4, 0.5) is 5.95 Å². The first-order valence-electron chi connectivity index (χ1n) is 6.51. The van der Waals surface area contributed by atoms with Crippen molar-refractivity contribution >= 4 is 21.9 Å². The molecule has 1 aliphatic rings. The Morgan fingerprint density at radius 3 is 2.59 bits per heavy atom. The van der Waals surface area contributed by atoms with Gasteiger partial charge >= 0.3 is 0 Å². The summed E-state index contributed by atoms with van der Waals surface area (Å²) in [5.41, 5.74) is 1.19. The number of pyridine rings is 1. The monoisotopic (exact) mass is 319 g/mol. The van der Waals surface area contributed by atoms with Crippen molar-refractivity contribution in [3.05, 3.63) is 36.7 Å². The van der Waals surface area contributed by atoms with Crippen LogP contribution < -0.4 is 10.0 Å². The van der Waals surface area contributed by atoms with E-state index in [1.165, 1.54) is 11.1 Å². The van der Waals surface area contributed by atoms with Crippen molar-refractivity contribution in [1.82, 2.24) is 15.0 Å². The van der Waals surface area contributed by atoms with Crippen LogP contribution in [0.1, 0.15) is 6.42 Å². The molecule has 2 aromatic heterocycles. The Labute approximate surface area is 127 Å². The minimum absolute atomic E-state index is 0.0384. The van der Waals surface area contributed by atoms with Crippen LogP contribution in [0.2, 0.25) is 0 Å². The summed E-state index contributed by atoms with van der Waals surface area (Å²) in [6.07, 6.45) is 2.98. The average Bonchev–Trinajstić information content (AvgIpc) is 2.90. The Hall–Kier alpha value is -2.39. The van der Waals surface area contributed by atoms with Crippen molar-refractivity contribution < 1.29 is 13.2 Å². The first-order chi connectivity index (χ1) is 10.4. The Morgan fingerprint density at radius 2 is 1.95 bits per heavy atom. The molecule has 1 amide bonds. The molecule has 2 aromatic rings. The Balaban J connectivity index is 1.92. The van der Waals surface area contributed by atoms with Gasteiger partial charge in [0.15, 0.2) is 0 Å². The number of sulfonamides is 1. The maximum absolute atomic E-state index is 12.0. The fourth-order valence-electron chi connectivity index (χ4n) is 2.22. The van der Waals surface area contributed by atoms with E-state index in [0.29, 0.717) is 11.4 Å². The molecule has 2 N–H and O–H groups in total. The van der Waals surface area contributed by atoms with E-state index >= 15 is 0 Å². The second kappa shape index (κ2) is 5.43. The standard InChI is InChI=1S/C13H13N5O3S/c14-22(20,21)9-7-12(19)18(8-9)13-16-6-4-11(17-13)10-3-1-2-5-15-10/h1-6,9H,7-8H2,(H2,14,20,21). The number of hydrogen-bond donors (Lipinski definition) is 1. The maximum atomic E-state index is 12.0. The lowest BCUT2D eigenvalue weighted by Crippen LogP contribution is -2.32. The minimum atomic E-state index is -3.77. The highest BCUT2D eigenvalue weighted by atomic mass is 32.2. The minimum Gasteiger partial charge on any atom is -0.279 e. The highest BCUT2D eigenvalue weighted by Crippen LogP contribution is 2.23. The van der Waals surface area contributed by atoms with Crippen molar-refractivity contribution in [3.63, 3.8) is 0 Å². The van der Waals surface area contributed by atoms with Gasteiger partial charge in [0.1, 0.15) is 5.25 Å². The Morgan fingerprint density at radius 1 is 1.14 bits per heavy atom. The largest absolute Gasteiger partial charge is 0.279 e. The lowest BCUT2D eigenvalue weighted by molar-refractivity contribution is -0.117. The summed E-state index contributed by atoms with van der Waals surface area (Å²) in [5, 5.41) is 4.18. The fraction of sp³-hybridized carbons (Fsp3) is 0.231. The lowest BCUT2D eigenvalue weighted by atomic mass is 10.2. The molecule has 22 heavy (non-hydrogen) atoms. The summed E-state index contributed by atoms with van der Waals surface area (Å²) in [5.74, 6) is -0.212. The number of nitrogens with zero attached hydrogens (tertiary/aromatic N) is 4. The molecule has 8 nitrogen and oxygen atoms in total. The molecule has 0 aliphatic carbocycles. The number of anilines is 1. The molecule has 0 spiro atoms. The van der Waals surface area contributed by atoms with Crippen LogP contribution in [-0.4, -0.2) is 41.1 Å². The van der Waals surface area contributed by atoms with E-state index in [0.717, 1.165) is 0 Å². The molecule has 1 saturated heterocycles. The van der Waals surface area contributed by atoms with Crippen molar-refractivity contribution in [2.75, 3.05) is 11.4 Å². The van der Waals surface area contributed by atoms with Crippen LogP contribution in [0.3, 0.4) is 0 Å². The number of hydrogen-bond acceptors (Lipinski definition) is 6. The van der Waals surface area contributed by atoms with Crippen LogP contribution in [0.5, 0.6) is 0 Å². The predicted octanol–water partition coefficient (Wildman–Crippen LogP) is -0.0676. The third-order valence-electron chi connectivity index (χ3n) is 3.37. The normalized spacial score (nSPS) is 18.7. The summed E-state index contributed by atoms with van der Waals surface area (Å²) in [4.78, 5) is 25.7. The van der Waals surface area contributed by atoms with Gasteiger partial charge in [0.25, 0.3) is 0 Å². The summed E-state index contributed by atoms with van der Waals surface area (Å²) in [6, 6.07) is 7.06. The first-order valence-corrected chi connectivity index (χ1v) is 8.12. The van der Waals surface area contributed by atoms with Gasteiger partial charge in [-0.2, -0.15) is 0 Å². The number of nitrogens with two attached hydrogens (primary N) is 1. The Kier molecular flexibility index (Phi) is 3.59. The van der Waals surface area contributed by atoms with Gasteiger partial charge in [0.05, 0.1) is 11.4 Å². The summed E-state index contributed by atoms with van der Waals surface area (Å²) < 4.78 is 22.8. The van der Waals surface area contributed by atoms with Crippen molar-refractivity contribution in [2.45, 2.75) is 11.7 Å². The fourth-order valence-corrected chi connectivity index (χ4v) is 2.96. The molecular formula is C13H13N5O3S. The van der Waals surface area contributed by atoms with E-state index in [9.17, 15) is 13.2 Å². The van der Waals surface area contributed by atoms with Gasteiger partial charge < -0.3 is 0 Å². The van der Waals surface area contributed by atoms with E-state index in [4.69, 9.17) is 5.14 Å². The third-order valence-corrected chi connectivity index (χ3v) is 4.61. The Bertz CT molecular complexity index is 809. The molecule has 3 heterocycles. The van der Waals surface area contributed by atoms with Gasteiger partial charge in [-0.1, -0.05) is 6.07 Å². The van der Waals surface area contributed by atoms with Crippen LogP contribution in [0.15, 0.2) is 36.7 Å². The van der Waals surface area contributed by atoms with Gasteiger partial charge in [-0.05, 0) is 18.2 Å². The molecule has 1 aliphatic heterocycles. The quantitative estimate of drug-likeness (QED) is 0.846. The van der Waals surface area contributed by atoms with Crippen molar-refractivity contribution in [2.24, 2.45) is 5.14 Å². The number of amides is 1. The van der Waals surface area contributed by atoms with Crippen LogP contribution in [0.25, 0.3) is 11.4 Å². The van der Waals surface area contributed by atoms with Gasteiger partial charge in [-0.25, -0.2) is 23.5 Å². The maximum Gasteiger partial charge on any atom is 0.232 e. The number of carbonyl (C=O) groups excluding carboxylic acids is 1. The second-order valence-electron chi connectivity index (χ2n) is 4.88. The summed E-state index contributed by atoms with van der Waals surface area (Å²) >= 11 is 0. The first kappa shape index (κ1) is 14.5. The third kappa shape index (κ3) is 2.81. The van der Waals surface area contributed by atoms with Gasteiger partial charge in [0, 0.05) is 25.4 Å². The zero-order valence-electron chi connectivity index (χ0n) is 11.5.